The van der Waals surface area contributed by atoms with Crippen LogP contribution in [0.25, 0.3) is 0 Å². The summed E-state index contributed by atoms with van der Waals surface area (Å²) in [6.07, 6.45) is 0.794. The molecule has 2 heterocycles. The van der Waals surface area contributed by atoms with Gasteiger partial charge >= 0.3 is 5.97 Å². The number of likely N-dealkylation sites (tertiary alicyclic amines) is 1. The highest BCUT2D eigenvalue weighted by Gasteiger charge is 2.43. The van der Waals surface area contributed by atoms with Gasteiger partial charge in [0, 0.05) is 73.5 Å². The van der Waals surface area contributed by atoms with Crippen LogP contribution in [-0.4, -0.2) is 171 Å². The number of rotatable bonds is 24. The van der Waals surface area contributed by atoms with E-state index in [1.54, 1.807) is 30.9 Å². The second-order valence-corrected chi connectivity index (χ2v) is 17.7. The van der Waals surface area contributed by atoms with Gasteiger partial charge in [0.2, 0.25) is 23.6 Å². The first-order chi connectivity index (χ1) is 28.5. The number of aliphatic carboxylic acids is 1. The number of nitrogens with one attached hydrogen (secondary N) is 3. The van der Waals surface area contributed by atoms with Crippen LogP contribution in [0.5, 0.6) is 0 Å². The van der Waals surface area contributed by atoms with Gasteiger partial charge in [-0.15, -0.1) is 0 Å². The quantitative estimate of drug-likeness (QED) is 0.121. The van der Waals surface area contributed by atoms with Crippen molar-refractivity contribution in [1.29, 1.82) is 0 Å². The smallest absolute Gasteiger partial charge is 0.326 e. The second-order valence-electron chi connectivity index (χ2n) is 17.7. The van der Waals surface area contributed by atoms with Gasteiger partial charge in [0.1, 0.15) is 12.1 Å². The summed E-state index contributed by atoms with van der Waals surface area (Å²) in [6, 6.07) is 5.86. The molecule has 0 spiro atoms. The van der Waals surface area contributed by atoms with Gasteiger partial charge in [-0.1, -0.05) is 85.2 Å². The van der Waals surface area contributed by atoms with Crippen molar-refractivity contribution in [3.63, 3.8) is 0 Å². The number of amides is 4. The molecule has 1 aromatic rings. The molecule has 0 aliphatic carbocycles. The van der Waals surface area contributed by atoms with E-state index in [-0.39, 0.29) is 48.3 Å². The zero-order valence-corrected chi connectivity index (χ0v) is 38.3. The normalized spacial score (nSPS) is 20.2. The first-order valence-corrected chi connectivity index (χ1v) is 22.1. The maximum atomic E-state index is 14.5. The Kier molecular flexibility index (Phi) is 20.9. The number of carboxylic acids is 1. The molecule has 4 N–H and O–H groups in total. The molecule has 2 aliphatic heterocycles. The van der Waals surface area contributed by atoms with Crippen LogP contribution >= 0.6 is 0 Å². The summed E-state index contributed by atoms with van der Waals surface area (Å²) in [7, 11) is 6.77. The number of ether oxygens (including phenoxy) is 2. The van der Waals surface area contributed by atoms with Crippen molar-refractivity contribution in [3.8, 4) is 0 Å². The summed E-state index contributed by atoms with van der Waals surface area (Å²) < 4.78 is 12.0. The first-order valence-electron chi connectivity index (χ1n) is 22.1. The minimum atomic E-state index is -1.14. The molecule has 0 radical (unpaired) electrons. The number of carbonyl (C=O) groups is 5. The number of hydrogen-bond donors (Lipinski definition) is 4. The number of nitrogens with zero attached hydrogens (tertiary/aromatic N) is 4. The monoisotopic (exact) mass is 844 g/mol. The predicted octanol–water partition coefficient (Wildman–Crippen LogP) is 2.72. The average Bonchev–Trinajstić information content (AvgIpc) is 3.71. The third-order valence-corrected chi connectivity index (χ3v) is 12.7. The third-order valence-electron chi connectivity index (χ3n) is 12.7. The molecule has 2 fully saturated rings. The predicted molar refractivity (Wildman–Crippen MR) is 233 cm³/mol. The molecule has 2 saturated heterocycles. The highest BCUT2D eigenvalue weighted by Crippen LogP contribution is 2.30. The Hall–Kier alpha value is -3.63. The van der Waals surface area contributed by atoms with Crippen molar-refractivity contribution in [2.45, 2.75) is 123 Å². The maximum Gasteiger partial charge on any atom is 0.326 e. The summed E-state index contributed by atoms with van der Waals surface area (Å²) in [5.74, 6) is -3.21. The van der Waals surface area contributed by atoms with Gasteiger partial charge in [-0.05, 0) is 43.2 Å². The van der Waals surface area contributed by atoms with Gasteiger partial charge in [-0.2, -0.15) is 0 Å². The molecule has 8 unspecified atom stereocenters. The van der Waals surface area contributed by atoms with Crippen molar-refractivity contribution in [2.75, 3.05) is 74.1 Å². The molecule has 0 aromatic heterocycles. The van der Waals surface area contributed by atoms with Crippen LogP contribution in [0.3, 0.4) is 0 Å². The Bertz CT molecular complexity index is 1510. The van der Waals surface area contributed by atoms with Crippen molar-refractivity contribution in [3.05, 3.63) is 35.9 Å². The van der Waals surface area contributed by atoms with Gasteiger partial charge < -0.3 is 40.3 Å². The fraction of sp³-hybridized carbons (Fsp3) is 0.756. The third kappa shape index (κ3) is 13.9. The molecule has 3 rings (SSSR count). The highest BCUT2D eigenvalue weighted by atomic mass is 16.5. The van der Waals surface area contributed by atoms with E-state index in [2.05, 4.69) is 25.8 Å². The molecule has 1 aromatic carbocycles. The van der Waals surface area contributed by atoms with Crippen LogP contribution in [-0.2, 0) is 39.9 Å². The van der Waals surface area contributed by atoms with Crippen molar-refractivity contribution in [2.24, 2.45) is 23.7 Å². The molecule has 340 valence electrons. The van der Waals surface area contributed by atoms with Gasteiger partial charge in [-0.3, -0.25) is 29.0 Å². The van der Waals surface area contributed by atoms with Crippen LogP contribution in [0.4, 0.5) is 0 Å². The Morgan fingerprint density at radius 3 is 2.10 bits per heavy atom. The molecule has 15 nitrogen and oxygen atoms in total. The van der Waals surface area contributed by atoms with Gasteiger partial charge in [-0.25, -0.2) is 4.79 Å². The average molecular weight is 844 g/mol. The van der Waals surface area contributed by atoms with Gasteiger partial charge in [0.05, 0.1) is 42.7 Å². The number of carboxylic acid groups (broad SMARTS) is 1. The second kappa shape index (κ2) is 24.7. The first kappa shape index (κ1) is 50.7. The van der Waals surface area contributed by atoms with Crippen LogP contribution in [0.15, 0.2) is 30.3 Å². The van der Waals surface area contributed by atoms with Crippen LogP contribution in [0, 0.1) is 23.7 Å². The Labute approximate surface area is 359 Å². The number of hydrogen-bond acceptors (Lipinski definition) is 10. The maximum absolute atomic E-state index is 14.5. The molecule has 2 aliphatic rings. The van der Waals surface area contributed by atoms with E-state index in [1.165, 1.54) is 7.11 Å². The number of benzene rings is 1. The number of methoxy groups -OCH3 is 2. The van der Waals surface area contributed by atoms with Crippen molar-refractivity contribution in [1.82, 2.24) is 35.6 Å². The molecule has 0 saturated carbocycles. The largest absolute Gasteiger partial charge is 0.480 e. The highest BCUT2D eigenvalue weighted by molar-refractivity contribution is 5.90. The van der Waals surface area contributed by atoms with Gasteiger partial charge in [0.15, 0.2) is 0 Å². The topological polar surface area (TPSA) is 173 Å². The van der Waals surface area contributed by atoms with Crippen LogP contribution in [0.2, 0.25) is 0 Å². The van der Waals surface area contributed by atoms with Gasteiger partial charge in [0.25, 0.3) is 0 Å². The summed E-state index contributed by atoms with van der Waals surface area (Å²) in [5, 5.41) is 19.1. The molecule has 9 atom stereocenters. The SMILES string of the molecule is CCC(C)C(C(CC(=O)N1CCC[C@H]1C(OC)C(C)C(=O)NC(Cc1ccccc1)C(=O)O)OC)N(C)C(=O)C(NC(=O)C(C(C)C)N(C)CCN1CCNCC1)C(C)C. The summed E-state index contributed by atoms with van der Waals surface area (Å²) in [4.78, 5) is 76.5. The Morgan fingerprint density at radius 2 is 1.55 bits per heavy atom. The van der Waals surface area contributed by atoms with E-state index in [0.717, 1.165) is 44.8 Å². The lowest BCUT2D eigenvalue weighted by molar-refractivity contribution is -0.148. The molecular weight excluding hydrogens is 767 g/mol. The summed E-state index contributed by atoms with van der Waals surface area (Å²) in [5.41, 5.74) is 0.786. The Balaban J connectivity index is 1.75. The van der Waals surface area contributed by atoms with E-state index < -0.39 is 60.2 Å². The molecule has 4 amide bonds. The van der Waals surface area contributed by atoms with Crippen molar-refractivity contribution < 1.29 is 38.6 Å². The standard InChI is InChI=1S/C45H77N7O8/c1-12-31(6)40(50(9)44(56)38(29(2)3)48-43(55)39(30(4)5)49(8)25-26-51-23-20-46-21-24-51)36(59-10)28-37(53)52-22-16-19-35(52)41(60-11)32(7)42(54)47-34(45(57)58)27-33-17-14-13-15-18-33/h13-15,17-18,29-32,34-36,38-41,46H,12,16,19-28H2,1-11H3,(H,47,54)(H,48,55)(H,57,58)/t31?,32?,34?,35-,36?,38?,39?,40?,41?/m0/s1. The zero-order chi connectivity index (χ0) is 44.7. The van der Waals surface area contributed by atoms with E-state index in [0.29, 0.717) is 25.8 Å². The minimum absolute atomic E-state index is 0.0131. The van der Waals surface area contributed by atoms with Crippen LogP contribution in [0.1, 0.15) is 79.7 Å². The number of carbonyl (C=O) groups excluding carboxylic acids is 4. The van der Waals surface area contributed by atoms with Crippen LogP contribution < -0.4 is 16.0 Å². The lowest BCUT2D eigenvalue weighted by Crippen LogP contribution is -2.60. The van der Waals surface area contributed by atoms with Crippen molar-refractivity contribution >= 4 is 29.6 Å². The molecular formula is C45H77N7O8. The van der Waals surface area contributed by atoms with E-state index in [9.17, 15) is 29.1 Å². The number of piperazine rings is 1. The Morgan fingerprint density at radius 1 is 0.900 bits per heavy atom. The zero-order valence-electron chi connectivity index (χ0n) is 38.3. The van der Waals surface area contributed by atoms with E-state index in [1.807, 2.05) is 78.9 Å². The molecule has 0 bridgehead atoms. The van der Waals surface area contributed by atoms with E-state index in [4.69, 9.17) is 9.47 Å². The molecule has 60 heavy (non-hydrogen) atoms. The fourth-order valence-electron chi connectivity index (χ4n) is 9.02. The lowest BCUT2D eigenvalue weighted by Gasteiger charge is -2.41. The van der Waals surface area contributed by atoms with E-state index >= 15 is 0 Å². The fourth-order valence-corrected chi connectivity index (χ4v) is 9.02. The molecule has 15 heteroatoms. The lowest BCUT2D eigenvalue weighted by atomic mass is 9.89. The minimum Gasteiger partial charge on any atom is -0.480 e. The number of likely N-dealkylation sites (N-methyl/N-ethyl adjacent to an activating group) is 2. The summed E-state index contributed by atoms with van der Waals surface area (Å²) >= 11 is 0. The summed E-state index contributed by atoms with van der Waals surface area (Å²) in [6.45, 7) is 19.6.